The first-order valence-corrected chi connectivity index (χ1v) is 35.1. The second kappa shape index (κ2) is 20.6. The van der Waals surface area contributed by atoms with Crippen LogP contribution in [0.5, 0.6) is 0 Å². The quantitative estimate of drug-likeness (QED) is 0.0889. The first-order chi connectivity index (χ1) is 39.0. The van der Waals surface area contributed by atoms with Gasteiger partial charge in [0.25, 0.3) is 0 Å². The molecule has 0 heterocycles. The minimum atomic E-state index is -1.49. The van der Waals surface area contributed by atoms with E-state index >= 15 is 0 Å². The molecule has 386 valence electrons. The number of para-hydroxylation sites is 2. The maximum Gasteiger partial charge on any atom is 0.0775 e. The van der Waals surface area contributed by atoms with Crippen LogP contribution in [0.3, 0.4) is 0 Å². The summed E-state index contributed by atoms with van der Waals surface area (Å²) >= 11 is 0. The van der Waals surface area contributed by atoms with Gasteiger partial charge in [0.2, 0.25) is 0 Å². The average molecular weight is 1060 g/mol. The number of nitrogens with zero attached hydrogens (tertiary/aromatic N) is 2. The van der Waals surface area contributed by atoms with Gasteiger partial charge in [-0.3, -0.25) is 0 Å². The van der Waals surface area contributed by atoms with Crippen molar-refractivity contribution >= 4 is 104 Å². The maximum absolute atomic E-state index is 2.44. The maximum atomic E-state index is 2.44. The monoisotopic (exact) mass is 1060 g/mol. The summed E-state index contributed by atoms with van der Waals surface area (Å²) in [5, 5.41) is 12.7. The zero-order valence-electron chi connectivity index (χ0n) is 46.5. The van der Waals surface area contributed by atoms with E-state index in [0.29, 0.717) is 0 Å². The Balaban J connectivity index is 0.949. The van der Waals surface area contributed by atoms with Crippen molar-refractivity contribution in [1.29, 1.82) is 0 Å². The van der Waals surface area contributed by atoms with Gasteiger partial charge in [-0.2, -0.15) is 0 Å². The number of hydrogen-bond donors (Lipinski definition) is 0. The van der Waals surface area contributed by atoms with Crippen molar-refractivity contribution in [2.24, 2.45) is 0 Å². The standard InChI is InChI=1S/C76H64N2Si2/c1-79(2,3)63-46-42-59(43-47-63)77(57-28-9-7-10-29-57)61-32-22-26-55(51-61)75-69-38-17-13-34-65(69)73(66-35-14-18-39-70(66)75)53-24-21-25-54(50-53)74-67-36-15-19-40-71(67)76(72-41-20-16-37-68(72)74)56-27-23-33-62(52-56)78(58-30-11-8-12-31-58)60-44-48-64(49-45-60)80(4,5)6/h7-52H,1-6H3. The van der Waals surface area contributed by atoms with Gasteiger partial charge < -0.3 is 9.80 Å². The van der Waals surface area contributed by atoms with Crippen LogP contribution in [0, 0.1) is 0 Å². The molecule has 0 amide bonds. The Morgan fingerprint density at radius 3 is 0.700 bits per heavy atom. The van der Waals surface area contributed by atoms with E-state index in [1.165, 1.54) is 98.0 Å². The predicted molar refractivity (Wildman–Crippen MR) is 354 cm³/mol. The molecule has 0 bridgehead atoms. The minimum Gasteiger partial charge on any atom is -0.310 e. The van der Waals surface area contributed by atoms with E-state index < -0.39 is 16.1 Å². The highest BCUT2D eigenvalue weighted by Gasteiger charge is 2.24. The Bertz CT molecular complexity index is 4020. The minimum absolute atomic E-state index is 1.12. The van der Waals surface area contributed by atoms with Crippen LogP contribution < -0.4 is 20.2 Å². The fourth-order valence-electron chi connectivity index (χ4n) is 12.2. The molecule has 0 radical (unpaired) electrons. The van der Waals surface area contributed by atoms with Gasteiger partial charge >= 0.3 is 0 Å². The molecule has 0 N–H and O–H groups in total. The largest absolute Gasteiger partial charge is 0.310 e. The van der Waals surface area contributed by atoms with E-state index in [-0.39, 0.29) is 0 Å². The summed E-state index contributed by atoms with van der Waals surface area (Å²) < 4.78 is 0. The first-order valence-electron chi connectivity index (χ1n) is 28.1. The lowest BCUT2D eigenvalue weighted by atomic mass is 9.83. The summed E-state index contributed by atoms with van der Waals surface area (Å²) in [5.74, 6) is 0. The smallest absolute Gasteiger partial charge is 0.0775 e. The molecular formula is C76H64N2Si2. The summed E-state index contributed by atoms with van der Waals surface area (Å²) in [7, 11) is -2.97. The Hall–Kier alpha value is -9.07. The van der Waals surface area contributed by atoms with Gasteiger partial charge in [0.15, 0.2) is 0 Å². The van der Waals surface area contributed by atoms with E-state index in [9.17, 15) is 0 Å². The summed E-state index contributed by atoms with van der Waals surface area (Å²) in [5.41, 5.74) is 16.5. The highest BCUT2D eigenvalue weighted by Crippen LogP contribution is 2.49. The molecule has 0 unspecified atom stereocenters. The third-order valence-electron chi connectivity index (χ3n) is 16.1. The topological polar surface area (TPSA) is 6.48 Å². The average Bonchev–Trinajstić information content (AvgIpc) is 3.62. The molecule has 80 heavy (non-hydrogen) atoms. The molecule has 0 aliphatic carbocycles. The molecule has 13 aromatic carbocycles. The Morgan fingerprint density at radius 2 is 0.425 bits per heavy atom. The number of benzene rings is 13. The number of hydrogen-bond acceptors (Lipinski definition) is 2. The van der Waals surface area contributed by atoms with Gasteiger partial charge in [0.1, 0.15) is 0 Å². The molecule has 0 saturated carbocycles. The fourth-order valence-corrected chi connectivity index (χ4v) is 14.5. The number of fused-ring (bicyclic) bond motifs is 4. The van der Waals surface area contributed by atoms with Gasteiger partial charge in [0.05, 0.1) is 16.1 Å². The molecule has 0 aromatic heterocycles. The Labute approximate surface area is 473 Å². The number of rotatable bonds is 12. The van der Waals surface area contributed by atoms with Crippen LogP contribution in [0.1, 0.15) is 0 Å². The lowest BCUT2D eigenvalue weighted by molar-refractivity contribution is 1.29. The van der Waals surface area contributed by atoms with E-state index in [0.717, 1.165) is 34.1 Å². The number of anilines is 6. The van der Waals surface area contributed by atoms with Gasteiger partial charge in [-0.1, -0.05) is 250 Å². The van der Waals surface area contributed by atoms with Crippen molar-refractivity contribution in [3.05, 3.63) is 279 Å². The summed E-state index contributed by atoms with van der Waals surface area (Å²) in [6.07, 6.45) is 0. The predicted octanol–water partition coefficient (Wildman–Crippen LogP) is 21.0. The SMILES string of the molecule is C[Si](C)(C)c1ccc(N(c2ccccc2)c2cccc(-c3c4ccccc4c(-c4cccc(-c5c6ccccc6c(-c6cccc(N(c7ccccc7)c7ccc([Si](C)(C)C)cc7)c6)c6ccccc56)c4)c4ccccc34)c2)cc1. The van der Waals surface area contributed by atoms with Gasteiger partial charge in [-0.15, -0.1) is 0 Å². The van der Waals surface area contributed by atoms with Crippen molar-refractivity contribution in [3.8, 4) is 44.5 Å². The van der Waals surface area contributed by atoms with Crippen molar-refractivity contribution < 1.29 is 0 Å². The molecule has 0 saturated heterocycles. The lowest BCUT2D eigenvalue weighted by Crippen LogP contribution is -2.37. The highest BCUT2D eigenvalue weighted by molar-refractivity contribution is 6.89. The lowest BCUT2D eigenvalue weighted by Gasteiger charge is -2.27. The third-order valence-corrected chi connectivity index (χ3v) is 20.2. The van der Waals surface area contributed by atoms with Crippen LogP contribution in [-0.2, 0) is 0 Å². The molecule has 0 aliphatic heterocycles. The van der Waals surface area contributed by atoms with E-state index in [1.807, 2.05) is 0 Å². The molecule has 0 spiro atoms. The van der Waals surface area contributed by atoms with Crippen molar-refractivity contribution in [2.45, 2.75) is 39.3 Å². The van der Waals surface area contributed by atoms with Crippen LogP contribution in [0.4, 0.5) is 34.1 Å². The molecule has 4 heteroatoms. The van der Waals surface area contributed by atoms with Crippen LogP contribution in [-0.4, -0.2) is 16.1 Å². The molecule has 13 aromatic rings. The van der Waals surface area contributed by atoms with Crippen LogP contribution in [0.2, 0.25) is 39.3 Å². The van der Waals surface area contributed by atoms with Crippen LogP contribution in [0.25, 0.3) is 87.6 Å². The third kappa shape index (κ3) is 9.30. The summed E-state index contributed by atoms with van der Waals surface area (Å²) in [4.78, 5) is 4.79. The van der Waals surface area contributed by atoms with Gasteiger partial charge in [0, 0.05) is 34.1 Å². The van der Waals surface area contributed by atoms with E-state index in [1.54, 1.807) is 0 Å². The molecular weight excluding hydrogens is 997 g/mol. The summed E-state index contributed by atoms with van der Waals surface area (Å²) in [6.45, 7) is 14.5. The Kier molecular flexibility index (Phi) is 13.0. The van der Waals surface area contributed by atoms with Gasteiger partial charge in [-0.05, 0) is 166 Å². The molecule has 2 nitrogen and oxygen atoms in total. The second-order valence-corrected chi connectivity index (χ2v) is 33.5. The van der Waals surface area contributed by atoms with Crippen molar-refractivity contribution in [1.82, 2.24) is 0 Å². The normalized spacial score (nSPS) is 11.9. The zero-order chi connectivity index (χ0) is 54.5. The van der Waals surface area contributed by atoms with E-state index in [2.05, 4.69) is 328 Å². The van der Waals surface area contributed by atoms with Crippen molar-refractivity contribution in [2.75, 3.05) is 9.80 Å². The van der Waals surface area contributed by atoms with Crippen molar-refractivity contribution in [3.63, 3.8) is 0 Å². The molecule has 0 fully saturated rings. The van der Waals surface area contributed by atoms with Crippen LogP contribution in [0.15, 0.2) is 279 Å². The van der Waals surface area contributed by atoms with E-state index in [4.69, 9.17) is 0 Å². The van der Waals surface area contributed by atoms with Crippen LogP contribution >= 0.6 is 0 Å². The molecule has 0 aliphatic rings. The first kappa shape index (κ1) is 50.4. The second-order valence-electron chi connectivity index (χ2n) is 23.3. The Morgan fingerprint density at radius 1 is 0.200 bits per heavy atom. The highest BCUT2D eigenvalue weighted by atomic mass is 28.3. The molecule has 13 rings (SSSR count). The zero-order valence-corrected chi connectivity index (χ0v) is 48.5. The van der Waals surface area contributed by atoms with Gasteiger partial charge in [-0.25, -0.2) is 0 Å². The fraction of sp³-hybridized carbons (Fsp3) is 0.0789. The summed E-state index contributed by atoms with van der Waals surface area (Å²) in [6, 6.07) is 104. The molecule has 0 atom stereocenters.